The van der Waals surface area contributed by atoms with Crippen LogP contribution in [0.3, 0.4) is 0 Å². The minimum absolute atomic E-state index is 0.0108. The number of aromatic nitrogens is 1. The monoisotopic (exact) mass is 296 g/mol. The number of H-pyrrole nitrogens is 1. The molecule has 1 aromatic heterocycles. The molecule has 1 N–H and O–H groups in total. The van der Waals surface area contributed by atoms with E-state index in [0.29, 0.717) is 0 Å². The molecule has 1 heterocycles. The van der Waals surface area contributed by atoms with Crippen molar-refractivity contribution < 1.29 is 8.78 Å². The fourth-order valence-electron chi connectivity index (χ4n) is 0.845. The van der Waals surface area contributed by atoms with Crippen LogP contribution in [0.15, 0.2) is 10.9 Å². The van der Waals surface area contributed by atoms with Crippen LogP contribution < -0.4 is 5.56 Å². The molecule has 1 aromatic rings. The Morgan fingerprint density at radius 2 is 2.23 bits per heavy atom. The van der Waals surface area contributed by atoms with E-state index in [1.165, 1.54) is 0 Å². The van der Waals surface area contributed by atoms with Gasteiger partial charge in [-0.2, -0.15) is 5.26 Å². The van der Waals surface area contributed by atoms with Gasteiger partial charge >= 0.3 is 0 Å². The molecule has 0 unspecified atom stereocenters. The highest BCUT2D eigenvalue weighted by molar-refractivity contribution is 14.1. The van der Waals surface area contributed by atoms with Gasteiger partial charge in [-0.25, -0.2) is 8.78 Å². The number of nitrogens with one attached hydrogen (secondary N) is 1. The van der Waals surface area contributed by atoms with E-state index in [2.05, 4.69) is 4.98 Å². The van der Waals surface area contributed by atoms with E-state index in [0.717, 1.165) is 6.07 Å². The highest BCUT2D eigenvalue weighted by Gasteiger charge is 2.17. The molecule has 0 aromatic carbocycles. The maximum absolute atomic E-state index is 12.3. The van der Waals surface area contributed by atoms with Crippen molar-refractivity contribution in [2.24, 2.45) is 0 Å². The van der Waals surface area contributed by atoms with Crippen LogP contribution in [-0.2, 0) is 0 Å². The normalized spacial score (nSPS) is 10.1. The van der Waals surface area contributed by atoms with E-state index in [1.54, 1.807) is 28.7 Å². The van der Waals surface area contributed by atoms with E-state index in [9.17, 15) is 13.6 Å². The third kappa shape index (κ3) is 2.03. The van der Waals surface area contributed by atoms with E-state index in [4.69, 9.17) is 5.26 Å². The van der Waals surface area contributed by atoms with Gasteiger partial charge in [0.25, 0.3) is 6.43 Å². The van der Waals surface area contributed by atoms with E-state index in [-0.39, 0.29) is 9.26 Å². The second-order valence-corrected chi connectivity index (χ2v) is 3.27. The molecule has 0 saturated carbocycles. The maximum Gasteiger partial charge on any atom is 0.267 e. The summed E-state index contributed by atoms with van der Waals surface area (Å²) in [5.41, 5.74) is -1.24. The SMILES string of the molecule is N#Cc1cc(=O)[nH]c(I)c1C(F)F. The van der Waals surface area contributed by atoms with Crippen molar-refractivity contribution in [2.45, 2.75) is 6.43 Å². The van der Waals surface area contributed by atoms with Gasteiger partial charge in [0.2, 0.25) is 5.56 Å². The molecule has 0 aliphatic heterocycles. The van der Waals surface area contributed by atoms with Crippen molar-refractivity contribution in [3.05, 3.63) is 31.2 Å². The van der Waals surface area contributed by atoms with Gasteiger partial charge in [0.1, 0.15) is 0 Å². The van der Waals surface area contributed by atoms with Gasteiger partial charge < -0.3 is 4.98 Å². The van der Waals surface area contributed by atoms with Gasteiger partial charge in [0.15, 0.2) is 0 Å². The van der Waals surface area contributed by atoms with Crippen molar-refractivity contribution in [1.29, 1.82) is 5.26 Å². The molecule has 1 rings (SSSR count). The average molecular weight is 296 g/mol. The molecule has 3 nitrogen and oxygen atoms in total. The molecule has 68 valence electrons. The van der Waals surface area contributed by atoms with E-state index in [1.807, 2.05) is 0 Å². The lowest BCUT2D eigenvalue weighted by atomic mass is 10.2. The summed E-state index contributed by atoms with van der Waals surface area (Å²) in [6.45, 7) is 0. The summed E-state index contributed by atoms with van der Waals surface area (Å²) in [5, 5.41) is 8.48. The quantitative estimate of drug-likeness (QED) is 0.634. The van der Waals surface area contributed by atoms with Crippen LogP contribution in [0.4, 0.5) is 8.78 Å². The fraction of sp³-hybridized carbons (Fsp3) is 0.143. The van der Waals surface area contributed by atoms with Gasteiger partial charge in [0.05, 0.1) is 20.9 Å². The molecule has 0 saturated heterocycles. The standard InChI is InChI=1S/C7H3F2IN2O/c8-6(9)5-3(2-11)1-4(13)12-7(5)10/h1,6H,(H,12,13). The number of hydrogen-bond acceptors (Lipinski definition) is 2. The number of nitriles is 1. The number of halogens is 3. The fourth-order valence-corrected chi connectivity index (χ4v) is 1.64. The van der Waals surface area contributed by atoms with E-state index >= 15 is 0 Å². The summed E-state index contributed by atoms with van der Waals surface area (Å²) in [4.78, 5) is 13.0. The number of nitrogens with zero attached hydrogens (tertiary/aromatic N) is 1. The van der Waals surface area contributed by atoms with E-state index < -0.39 is 17.5 Å². The van der Waals surface area contributed by atoms with Gasteiger partial charge in [0, 0.05) is 6.07 Å². The number of aromatic amines is 1. The van der Waals surface area contributed by atoms with Crippen LogP contribution in [-0.4, -0.2) is 4.98 Å². The topological polar surface area (TPSA) is 56.6 Å². The molecule has 6 heteroatoms. The van der Waals surface area contributed by atoms with Crippen molar-refractivity contribution in [3.63, 3.8) is 0 Å². The molecule has 0 aliphatic carbocycles. The first-order valence-electron chi connectivity index (χ1n) is 3.17. The molecule has 13 heavy (non-hydrogen) atoms. The Morgan fingerprint density at radius 3 is 2.69 bits per heavy atom. The Kier molecular flexibility index (Phi) is 2.98. The maximum atomic E-state index is 12.3. The average Bonchev–Trinajstić information content (AvgIpc) is 2.01. The molecular weight excluding hydrogens is 293 g/mol. The first kappa shape index (κ1) is 10.1. The zero-order valence-corrected chi connectivity index (χ0v) is 8.30. The lowest BCUT2D eigenvalue weighted by Gasteiger charge is -2.03. The first-order chi connectivity index (χ1) is 6.06. The van der Waals surface area contributed by atoms with Crippen molar-refractivity contribution in [1.82, 2.24) is 4.98 Å². The zero-order chi connectivity index (χ0) is 10.0. The van der Waals surface area contributed by atoms with Gasteiger partial charge in [-0.15, -0.1) is 0 Å². The predicted molar refractivity (Wildman–Crippen MR) is 49.5 cm³/mol. The molecule has 0 bridgehead atoms. The largest absolute Gasteiger partial charge is 0.317 e. The second-order valence-electron chi connectivity index (χ2n) is 2.19. The van der Waals surface area contributed by atoms with Gasteiger partial charge in [-0.05, 0) is 22.6 Å². The molecular formula is C7H3F2IN2O. The Bertz CT molecular complexity index is 421. The Morgan fingerprint density at radius 1 is 1.62 bits per heavy atom. The van der Waals surface area contributed by atoms with Crippen LogP contribution in [0, 0.1) is 15.0 Å². The smallest absolute Gasteiger partial charge is 0.267 e. The third-order valence-corrected chi connectivity index (χ3v) is 2.22. The van der Waals surface area contributed by atoms with Crippen LogP contribution in [0.2, 0.25) is 0 Å². The molecule has 0 spiro atoms. The van der Waals surface area contributed by atoms with Crippen molar-refractivity contribution in [3.8, 4) is 6.07 Å². The summed E-state index contributed by atoms with van der Waals surface area (Å²) >= 11 is 1.56. The molecule has 0 radical (unpaired) electrons. The Labute approximate surface area is 85.5 Å². The lowest BCUT2D eigenvalue weighted by Crippen LogP contribution is -2.11. The molecule has 0 aliphatic rings. The van der Waals surface area contributed by atoms with Crippen LogP contribution in [0.25, 0.3) is 0 Å². The number of hydrogen-bond donors (Lipinski definition) is 1. The highest BCUT2D eigenvalue weighted by Crippen LogP contribution is 2.24. The number of pyridine rings is 1. The van der Waals surface area contributed by atoms with Crippen molar-refractivity contribution in [2.75, 3.05) is 0 Å². The first-order valence-corrected chi connectivity index (χ1v) is 4.25. The summed E-state index contributed by atoms with van der Waals surface area (Å²) < 4.78 is 24.7. The summed E-state index contributed by atoms with van der Waals surface area (Å²) in [6, 6.07) is 2.42. The number of alkyl halides is 2. The van der Waals surface area contributed by atoms with Gasteiger partial charge in [-0.1, -0.05) is 0 Å². The summed E-state index contributed by atoms with van der Waals surface area (Å²) in [7, 11) is 0. The zero-order valence-electron chi connectivity index (χ0n) is 6.14. The van der Waals surface area contributed by atoms with Gasteiger partial charge in [-0.3, -0.25) is 4.79 Å². The van der Waals surface area contributed by atoms with Crippen molar-refractivity contribution >= 4 is 22.6 Å². The highest BCUT2D eigenvalue weighted by atomic mass is 127. The van der Waals surface area contributed by atoms with Crippen LogP contribution in [0.1, 0.15) is 17.6 Å². The summed E-state index contributed by atoms with van der Waals surface area (Å²) in [5.74, 6) is 0. The Balaban J connectivity index is 3.50. The minimum Gasteiger partial charge on any atom is -0.317 e. The minimum atomic E-state index is -2.75. The van der Waals surface area contributed by atoms with Crippen LogP contribution in [0.5, 0.6) is 0 Å². The van der Waals surface area contributed by atoms with Crippen LogP contribution >= 0.6 is 22.6 Å². The molecule has 0 atom stereocenters. The number of rotatable bonds is 1. The lowest BCUT2D eigenvalue weighted by molar-refractivity contribution is 0.149. The third-order valence-electron chi connectivity index (χ3n) is 1.37. The summed E-state index contributed by atoms with van der Waals surface area (Å²) in [6.07, 6.45) is -2.75. The second kappa shape index (κ2) is 3.83. The molecule has 0 fully saturated rings. The Hall–Kier alpha value is -0.970. The molecule has 0 amide bonds. The predicted octanol–water partition coefficient (Wildman–Crippen LogP) is 1.79.